The van der Waals surface area contributed by atoms with Crippen molar-refractivity contribution in [2.45, 2.75) is 51.1 Å². The molecule has 1 aliphatic rings. The Morgan fingerprint density at radius 2 is 2.04 bits per heavy atom. The quantitative estimate of drug-likeness (QED) is 0.778. The summed E-state index contributed by atoms with van der Waals surface area (Å²) < 4.78 is 0. The molecule has 2 aromatic rings. The zero-order valence-corrected chi connectivity index (χ0v) is 14.7. The van der Waals surface area contributed by atoms with Crippen molar-refractivity contribution >= 4 is 11.7 Å². The molecule has 0 radical (unpaired) electrons. The second-order valence-electron chi connectivity index (χ2n) is 6.83. The molecular weight excluding hydrogens is 312 g/mol. The summed E-state index contributed by atoms with van der Waals surface area (Å²) in [6.45, 7) is 2.61. The van der Waals surface area contributed by atoms with E-state index in [0.29, 0.717) is 18.5 Å². The summed E-state index contributed by atoms with van der Waals surface area (Å²) in [5, 5.41) is 6.26. The first-order chi connectivity index (χ1) is 12.1. The maximum atomic E-state index is 10.8. The number of amides is 2. The number of nitrogens with zero attached hydrogens (tertiary/aromatic N) is 1. The van der Waals surface area contributed by atoms with Crippen molar-refractivity contribution in [3.05, 3.63) is 59.4 Å². The van der Waals surface area contributed by atoms with Crippen molar-refractivity contribution in [2.24, 2.45) is 5.73 Å². The van der Waals surface area contributed by atoms with Crippen molar-refractivity contribution in [3.63, 3.8) is 0 Å². The Labute approximate surface area is 149 Å². The predicted octanol–water partition coefficient (Wildman–Crippen LogP) is 3.70. The van der Waals surface area contributed by atoms with Gasteiger partial charge in [0.05, 0.1) is 0 Å². The first-order valence-electron chi connectivity index (χ1n) is 8.92. The fraction of sp³-hybridized carbons (Fsp3) is 0.400. The largest absolute Gasteiger partial charge is 0.382 e. The number of nitrogens with one attached hydrogen (secondary N) is 2. The van der Waals surface area contributed by atoms with Crippen LogP contribution in [-0.2, 0) is 6.54 Å². The highest BCUT2D eigenvalue weighted by Crippen LogP contribution is 2.34. The van der Waals surface area contributed by atoms with E-state index in [2.05, 4.69) is 40.7 Å². The van der Waals surface area contributed by atoms with Crippen LogP contribution in [0.4, 0.5) is 10.5 Å². The molecule has 2 amide bonds. The number of nitrogens with two attached hydrogens (primary N) is 1. The molecule has 1 aromatic carbocycles. The van der Waals surface area contributed by atoms with E-state index in [1.165, 1.54) is 30.5 Å². The number of primary amides is 1. The van der Waals surface area contributed by atoms with Crippen molar-refractivity contribution in [3.8, 4) is 0 Å². The van der Waals surface area contributed by atoms with E-state index in [4.69, 9.17) is 5.73 Å². The molecule has 1 heterocycles. The van der Waals surface area contributed by atoms with Crippen molar-refractivity contribution in [1.82, 2.24) is 10.3 Å². The van der Waals surface area contributed by atoms with E-state index < -0.39 is 6.03 Å². The molecule has 5 heteroatoms. The van der Waals surface area contributed by atoms with Crippen LogP contribution in [0.1, 0.15) is 48.4 Å². The van der Waals surface area contributed by atoms with Gasteiger partial charge in [-0.15, -0.1) is 0 Å². The Balaban J connectivity index is 1.59. The number of pyridine rings is 1. The standard InChI is InChI=1S/C20H26N4O/c1-14-4-3-11-22-19(14)16-5-2-6-18(12-16)24-17-9-7-15(8-10-17)13-23-20(21)25/h3-4,7-11,16,18,24H,2,5-6,12-13H2,1H3,(H3,21,23,25)/t16-,18+/m1/s1. The van der Waals surface area contributed by atoms with Gasteiger partial charge in [0.25, 0.3) is 0 Å². The minimum absolute atomic E-state index is 0.458. The van der Waals surface area contributed by atoms with Gasteiger partial charge in [0.15, 0.2) is 0 Å². The van der Waals surface area contributed by atoms with Gasteiger partial charge in [0.1, 0.15) is 0 Å². The molecule has 3 rings (SSSR count). The lowest BCUT2D eigenvalue weighted by molar-refractivity contribution is 0.248. The number of aromatic nitrogens is 1. The molecule has 132 valence electrons. The first-order valence-corrected chi connectivity index (χ1v) is 8.92. The fourth-order valence-electron chi connectivity index (χ4n) is 3.64. The van der Waals surface area contributed by atoms with Gasteiger partial charge < -0.3 is 16.4 Å². The van der Waals surface area contributed by atoms with Gasteiger partial charge in [-0.25, -0.2) is 4.79 Å². The number of anilines is 1. The van der Waals surface area contributed by atoms with E-state index in [1.807, 2.05) is 24.4 Å². The number of benzene rings is 1. The summed E-state index contributed by atoms with van der Waals surface area (Å²) in [7, 11) is 0. The molecule has 1 aliphatic carbocycles. The topological polar surface area (TPSA) is 80.0 Å². The molecule has 1 aromatic heterocycles. The SMILES string of the molecule is Cc1cccnc1[C@@H]1CCC[C@H](Nc2ccc(CNC(N)=O)cc2)C1. The van der Waals surface area contributed by atoms with Gasteiger partial charge >= 0.3 is 6.03 Å². The Hall–Kier alpha value is -2.56. The van der Waals surface area contributed by atoms with Crippen LogP contribution in [0.2, 0.25) is 0 Å². The number of rotatable bonds is 5. The van der Waals surface area contributed by atoms with Crippen LogP contribution in [0, 0.1) is 6.92 Å². The third kappa shape index (κ3) is 4.72. The van der Waals surface area contributed by atoms with E-state index in [0.717, 1.165) is 17.7 Å². The predicted molar refractivity (Wildman–Crippen MR) is 100 cm³/mol. The lowest BCUT2D eigenvalue weighted by Crippen LogP contribution is -2.28. The normalized spacial score (nSPS) is 20.0. The third-order valence-corrected chi connectivity index (χ3v) is 4.90. The summed E-state index contributed by atoms with van der Waals surface area (Å²) >= 11 is 0. The molecule has 4 N–H and O–H groups in total. The lowest BCUT2D eigenvalue weighted by Gasteiger charge is -2.31. The number of aryl methyl sites for hydroxylation is 1. The molecule has 2 atom stereocenters. The van der Waals surface area contributed by atoms with E-state index in [-0.39, 0.29) is 0 Å². The molecule has 1 fully saturated rings. The average molecular weight is 338 g/mol. The average Bonchev–Trinajstić information content (AvgIpc) is 2.62. The second-order valence-corrected chi connectivity index (χ2v) is 6.83. The maximum absolute atomic E-state index is 10.8. The van der Waals surface area contributed by atoms with Gasteiger partial charge in [0, 0.05) is 36.1 Å². The van der Waals surface area contributed by atoms with E-state index >= 15 is 0 Å². The van der Waals surface area contributed by atoms with Gasteiger partial charge in [-0.1, -0.05) is 24.6 Å². The Kier molecular flexibility index (Phi) is 5.53. The minimum Gasteiger partial charge on any atom is -0.382 e. The Morgan fingerprint density at radius 3 is 2.76 bits per heavy atom. The van der Waals surface area contributed by atoms with E-state index in [9.17, 15) is 4.79 Å². The molecule has 1 saturated carbocycles. The third-order valence-electron chi connectivity index (χ3n) is 4.90. The van der Waals surface area contributed by atoms with Crippen LogP contribution in [0.5, 0.6) is 0 Å². The minimum atomic E-state index is -0.500. The highest BCUT2D eigenvalue weighted by molar-refractivity contribution is 5.71. The Bertz CT molecular complexity index is 714. The number of urea groups is 1. The molecule has 0 aliphatic heterocycles. The van der Waals surface area contributed by atoms with Gasteiger partial charge in [-0.2, -0.15) is 0 Å². The van der Waals surface area contributed by atoms with Gasteiger partial charge in [-0.05, 0) is 55.5 Å². The van der Waals surface area contributed by atoms with Crippen LogP contribution in [0.3, 0.4) is 0 Å². The molecule has 25 heavy (non-hydrogen) atoms. The summed E-state index contributed by atoms with van der Waals surface area (Å²) in [4.78, 5) is 15.4. The van der Waals surface area contributed by atoms with Crippen LogP contribution < -0.4 is 16.4 Å². The van der Waals surface area contributed by atoms with Gasteiger partial charge in [-0.3, -0.25) is 4.98 Å². The lowest BCUT2D eigenvalue weighted by atomic mass is 9.82. The molecule has 0 saturated heterocycles. The number of hydrogen-bond acceptors (Lipinski definition) is 3. The fourth-order valence-corrected chi connectivity index (χ4v) is 3.64. The van der Waals surface area contributed by atoms with Crippen LogP contribution in [0.15, 0.2) is 42.6 Å². The number of carbonyl (C=O) groups is 1. The molecule has 0 bridgehead atoms. The summed E-state index contributed by atoms with van der Waals surface area (Å²) in [6.07, 6.45) is 6.64. The van der Waals surface area contributed by atoms with Crippen molar-refractivity contribution in [1.29, 1.82) is 0 Å². The highest BCUT2D eigenvalue weighted by atomic mass is 16.2. The van der Waals surface area contributed by atoms with Crippen LogP contribution in [-0.4, -0.2) is 17.1 Å². The van der Waals surface area contributed by atoms with Crippen molar-refractivity contribution < 1.29 is 4.79 Å². The summed E-state index contributed by atoms with van der Waals surface area (Å²) in [5.41, 5.74) is 9.79. The second kappa shape index (κ2) is 8.01. The smallest absolute Gasteiger partial charge is 0.312 e. The van der Waals surface area contributed by atoms with E-state index in [1.54, 1.807) is 0 Å². The molecule has 5 nitrogen and oxygen atoms in total. The monoisotopic (exact) mass is 338 g/mol. The maximum Gasteiger partial charge on any atom is 0.312 e. The summed E-state index contributed by atoms with van der Waals surface area (Å²) in [5.74, 6) is 0.534. The molecular formula is C20H26N4O. The Morgan fingerprint density at radius 1 is 1.24 bits per heavy atom. The number of hydrogen-bond donors (Lipinski definition) is 3. The number of carbonyl (C=O) groups excluding carboxylic acids is 1. The van der Waals surface area contributed by atoms with Crippen molar-refractivity contribution in [2.75, 3.05) is 5.32 Å². The van der Waals surface area contributed by atoms with Crippen LogP contribution in [0.25, 0.3) is 0 Å². The zero-order chi connectivity index (χ0) is 17.6. The van der Waals surface area contributed by atoms with Gasteiger partial charge in [0.2, 0.25) is 0 Å². The van der Waals surface area contributed by atoms with Crippen LogP contribution >= 0.6 is 0 Å². The highest BCUT2D eigenvalue weighted by Gasteiger charge is 2.25. The zero-order valence-electron chi connectivity index (χ0n) is 14.7. The first kappa shape index (κ1) is 17.3. The molecule has 0 unspecified atom stereocenters. The molecule has 0 spiro atoms. The summed E-state index contributed by atoms with van der Waals surface area (Å²) in [6, 6.07) is 12.3.